The van der Waals surface area contributed by atoms with Crippen molar-refractivity contribution in [1.82, 2.24) is 4.90 Å². The summed E-state index contributed by atoms with van der Waals surface area (Å²) in [6.45, 7) is 6.84. The fourth-order valence-corrected chi connectivity index (χ4v) is 4.01. The third kappa shape index (κ3) is 2.02. The summed E-state index contributed by atoms with van der Waals surface area (Å²) >= 11 is 0. The molecule has 1 aliphatic carbocycles. The van der Waals surface area contributed by atoms with Crippen molar-refractivity contribution in [3.8, 4) is 0 Å². The molecule has 1 saturated carbocycles. The Morgan fingerprint density at radius 3 is 2.62 bits per heavy atom. The Hall–Kier alpha value is -0.0800. The molecule has 0 aromatic carbocycles. The molecular weight excluding hydrogens is 196 g/mol. The van der Waals surface area contributed by atoms with Crippen LogP contribution in [-0.2, 0) is 0 Å². The second-order valence-corrected chi connectivity index (χ2v) is 5.84. The molecule has 16 heavy (non-hydrogen) atoms. The summed E-state index contributed by atoms with van der Waals surface area (Å²) in [5, 5.41) is 0. The van der Waals surface area contributed by atoms with Gasteiger partial charge in [0.25, 0.3) is 0 Å². The van der Waals surface area contributed by atoms with E-state index in [-0.39, 0.29) is 0 Å². The Morgan fingerprint density at radius 2 is 2.06 bits per heavy atom. The molecule has 94 valence electrons. The van der Waals surface area contributed by atoms with Gasteiger partial charge in [0, 0.05) is 18.1 Å². The average Bonchev–Trinajstić information content (AvgIpc) is 2.95. The predicted molar refractivity (Wildman–Crippen MR) is 69.4 cm³/mol. The molecular formula is C14H28N2. The van der Waals surface area contributed by atoms with Gasteiger partial charge in [-0.25, -0.2) is 0 Å². The van der Waals surface area contributed by atoms with Crippen LogP contribution in [0.3, 0.4) is 0 Å². The molecule has 2 nitrogen and oxygen atoms in total. The van der Waals surface area contributed by atoms with E-state index in [1.54, 1.807) is 0 Å². The Balaban J connectivity index is 2.09. The van der Waals surface area contributed by atoms with Crippen LogP contribution in [0.25, 0.3) is 0 Å². The van der Waals surface area contributed by atoms with Crippen LogP contribution in [0.2, 0.25) is 0 Å². The Morgan fingerprint density at radius 1 is 1.25 bits per heavy atom. The quantitative estimate of drug-likeness (QED) is 0.795. The molecule has 0 bridgehead atoms. The van der Waals surface area contributed by atoms with E-state index in [4.69, 9.17) is 5.73 Å². The van der Waals surface area contributed by atoms with Gasteiger partial charge in [-0.2, -0.15) is 0 Å². The first-order chi connectivity index (χ1) is 7.75. The molecule has 0 aromatic rings. The highest BCUT2D eigenvalue weighted by Gasteiger charge is 2.45. The first-order valence-electron chi connectivity index (χ1n) is 7.22. The van der Waals surface area contributed by atoms with Crippen molar-refractivity contribution in [2.75, 3.05) is 13.1 Å². The van der Waals surface area contributed by atoms with Gasteiger partial charge in [-0.15, -0.1) is 0 Å². The minimum atomic E-state index is 0.373. The molecule has 0 radical (unpaired) electrons. The van der Waals surface area contributed by atoms with Crippen LogP contribution >= 0.6 is 0 Å². The number of likely N-dealkylation sites (tertiary alicyclic amines) is 1. The maximum Gasteiger partial charge on any atom is 0.0337 e. The van der Waals surface area contributed by atoms with Crippen molar-refractivity contribution in [3.63, 3.8) is 0 Å². The minimum absolute atomic E-state index is 0.373. The van der Waals surface area contributed by atoms with E-state index in [0.717, 1.165) is 18.5 Å². The molecule has 0 amide bonds. The van der Waals surface area contributed by atoms with Crippen molar-refractivity contribution in [3.05, 3.63) is 0 Å². The van der Waals surface area contributed by atoms with Gasteiger partial charge in [-0.1, -0.05) is 20.3 Å². The molecule has 2 heteroatoms. The number of hydrogen-bond acceptors (Lipinski definition) is 2. The smallest absolute Gasteiger partial charge is 0.0337 e. The fourth-order valence-electron chi connectivity index (χ4n) is 4.01. The minimum Gasteiger partial charge on any atom is -0.329 e. The van der Waals surface area contributed by atoms with Gasteiger partial charge in [0.15, 0.2) is 0 Å². The molecule has 0 spiro atoms. The maximum atomic E-state index is 6.14. The molecule has 2 rings (SSSR count). The molecule has 0 aromatic heterocycles. The Labute approximate surface area is 101 Å². The van der Waals surface area contributed by atoms with Gasteiger partial charge in [0.1, 0.15) is 0 Å². The molecule has 2 N–H and O–H groups in total. The van der Waals surface area contributed by atoms with Crippen LogP contribution in [0.1, 0.15) is 58.8 Å². The van der Waals surface area contributed by atoms with Gasteiger partial charge in [0.05, 0.1) is 0 Å². The monoisotopic (exact) mass is 224 g/mol. The van der Waals surface area contributed by atoms with Gasteiger partial charge < -0.3 is 5.73 Å². The largest absolute Gasteiger partial charge is 0.329 e. The topological polar surface area (TPSA) is 29.3 Å². The second kappa shape index (κ2) is 5.05. The molecule has 1 saturated heterocycles. The maximum absolute atomic E-state index is 6.14. The lowest BCUT2D eigenvalue weighted by atomic mass is 9.91. The van der Waals surface area contributed by atoms with Crippen molar-refractivity contribution >= 4 is 0 Å². The summed E-state index contributed by atoms with van der Waals surface area (Å²) in [5.74, 6) is 0.932. The number of nitrogens with zero attached hydrogens (tertiary/aromatic N) is 1. The highest BCUT2D eigenvalue weighted by atomic mass is 15.3. The van der Waals surface area contributed by atoms with E-state index in [9.17, 15) is 0 Å². The van der Waals surface area contributed by atoms with Crippen LogP contribution < -0.4 is 5.73 Å². The van der Waals surface area contributed by atoms with Gasteiger partial charge in [-0.05, 0) is 51.0 Å². The normalized spacial score (nSPS) is 40.7. The lowest BCUT2D eigenvalue weighted by Gasteiger charge is -2.42. The van der Waals surface area contributed by atoms with Gasteiger partial charge in [0.2, 0.25) is 0 Å². The standard InChI is InChI=1S/C14H28N2/c1-3-12-7-8-14(10-12,11-15)16-9-5-6-13(16)4-2/h12-13H,3-11,15H2,1-2H3. The lowest BCUT2D eigenvalue weighted by Crippen LogP contribution is -2.54. The molecule has 2 aliphatic rings. The number of rotatable bonds is 4. The van der Waals surface area contributed by atoms with Crippen LogP contribution in [0, 0.1) is 5.92 Å². The van der Waals surface area contributed by atoms with Gasteiger partial charge in [-0.3, -0.25) is 4.90 Å². The van der Waals surface area contributed by atoms with E-state index in [1.807, 2.05) is 0 Å². The van der Waals surface area contributed by atoms with Crippen molar-refractivity contribution < 1.29 is 0 Å². The van der Waals surface area contributed by atoms with E-state index in [0.29, 0.717) is 5.54 Å². The zero-order valence-electron chi connectivity index (χ0n) is 11.0. The van der Waals surface area contributed by atoms with Crippen LogP contribution in [0.15, 0.2) is 0 Å². The predicted octanol–water partition coefficient (Wildman–Crippen LogP) is 2.77. The third-order valence-corrected chi connectivity index (χ3v) is 5.10. The number of hydrogen-bond donors (Lipinski definition) is 1. The third-order valence-electron chi connectivity index (χ3n) is 5.10. The van der Waals surface area contributed by atoms with E-state index in [2.05, 4.69) is 18.7 Å². The summed E-state index contributed by atoms with van der Waals surface area (Å²) in [7, 11) is 0. The second-order valence-electron chi connectivity index (χ2n) is 5.84. The highest BCUT2D eigenvalue weighted by molar-refractivity contribution is 5.02. The van der Waals surface area contributed by atoms with Gasteiger partial charge >= 0.3 is 0 Å². The Bertz CT molecular complexity index is 229. The number of nitrogens with two attached hydrogens (primary N) is 1. The van der Waals surface area contributed by atoms with E-state index >= 15 is 0 Å². The fraction of sp³-hybridized carbons (Fsp3) is 1.00. The lowest BCUT2D eigenvalue weighted by molar-refractivity contribution is 0.0793. The molecule has 3 atom stereocenters. The first-order valence-corrected chi connectivity index (χ1v) is 7.22. The average molecular weight is 224 g/mol. The Kier molecular flexibility index (Phi) is 3.91. The molecule has 1 aliphatic heterocycles. The summed E-state index contributed by atoms with van der Waals surface area (Å²) in [6, 6.07) is 0.819. The van der Waals surface area contributed by atoms with E-state index < -0.39 is 0 Å². The van der Waals surface area contributed by atoms with E-state index in [1.165, 1.54) is 51.5 Å². The van der Waals surface area contributed by atoms with Crippen molar-refractivity contribution in [2.45, 2.75) is 70.4 Å². The SMILES string of the molecule is CCC1CCC(CN)(N2CCCC2CC)C1. The summed E-state index contributed by atoms with van der Waals surface area (Å²) < 4.78 is 0. The zero-order valence-corrected chi connectivity index (χ0v) is 11.0. The molecule has 3 unspecified atom stereocenters. The zero-order chi connectivity index (χ0) is 11.6. The summed E-state index contributed by atoms with van der Waals surface area (Å²) in [6.07, 6.45) is 9.53. The van der Waals surface area contributed by atoms with Crippen molar-refractivity contribution in [2.24, 2.45) is 11.7 Å². The summed E-state index contributed by atoms with van der Waals surface area (Å²) in [4.78, 5) is 2.78. The molecule has 1 heterocycles. The highest BCUT2D eigenvalue weighted by Crippen LogP contribution is 2.43. The van der Waals surface area contributed by atoms with Crippen LogP contribution in [0.4, 0.5) is 0 Å². The van der Waals surface area contributed by atoms with Crippen LogP contribution in [-0.4, -0.2) is 29.6 Å². The van der Waals surface area contributed by atoms with Crippen molar-refractivity contribution in [1.29, 1.82) is 0 Å². The van der Waals surface area contributed by atoms with Crippen LogP contribution in [0.5, 0.6) is 0 Å². The first kappa shape index (κ1) is 12.4. The molecule has 2 fully saturated rings. The summed E-state index contributed by atoms with van der Waals surface area (Å²) in [5.41, 5.74) is 6.51.